The van der Waals surface area contributed by atoms with E-state index in [1.807, 2.05) is 60.7 Å². The maximum atomic E-state index is 12.7. The third-order valence-corrected chi connectivity index (χ3v) is 7.28. The molecule has 0 aliphatic carbocycles. The standard InChI is InChI=1S/C21H26O4S/c22-13-20(11-17-7-3-1-4-8-17)15-26(25)16-21(14-23,19(20)24)12-18-9-5-2-6-10-18/h1-10,19,22-24H,11-16H2. The first-order chi connectivity index (χ1) is 12.5. The van der Waals surface area contributed by atoms with Crippen molar-refractivity contribution < 1.29 is 19.5 Å². The van der Waals surface area contributed by atoms with Crippen LogP contribution < -0.4 is 0 Å². The molecule has 1 aliphatic rings. The summed E-state index contributed by atoms with van der Waals surface area (Å²) < 4.78 is 12.7. The van der Waals surface area contributed by atoms with Crippen molar-refractivity contribution in [2.75, 3.05) is 24.7 Å². The molecule has 1 saturated heterocycles. The lowest BCUT2D eigenvalue weighted by atomic mass is 9.65. The molecule has 0 spiro atoms. The van der Waals surface area contributed by atoms with Gasteiger partial charge in [-0.2, -0.15) is 0 Å². The molecule has 2 aromatic rings. The van der Waals surface area contributed by atoms with Gasteiger partial charge in [0.2, 0.25) is 0 Å². The van der Waals surface area contributed by atoms with E-state index in [-0.39, 0.29) is 24.7 Å². The first kappa shape index (κ1) is 19.2. The van der Waals surface area contributed by atoms with Crippen LogP contribution in [0.5, 0.6) is 0 Å². The van der Waals surface area contributed by atoms with Crippen molar-refractivity contribution in [3.63, 3.8) is 0 Å². The molecule has 1 heterocycles. The Morgan fingerprint density at radius 1 is 0.808 bits per heavy atom. The molecule has 2 aromatic carbocycles. The Hall–Kier alpha value is -1.53. The fourth-order valence-electron chi connectivity index (χ4n) is 4.18. The summed E-state index contributed by atoms with van der Waals surface area (Å²) >= 11 is 0. The Morgan fingerprint density at radius 3 is 1.54 bits per heavy atom. The maximum Gasteiger partial charge on any atom is 0.0720 e. The second-order valence-corrected chi connectivity index (χ2v) is 8.95. The van der Waals surface area contributed by atoms with Crippen LogP contribution in [0.3, 0.4) is 0 Å². The van der Waals surface area contributed by atoms with Crippen LogP contribution in [0, 0.1) is 10.8 Å². The summed E-state index contributed by atoms with van der Waals surface area (Å²) in [6, 6.07) is 19.3. The molecule has 0 bridgehead atoms. The van der Waals surface area contributed by atoms with Gasteiger partial charge in [-0.15, -0.1) is 0 Å². The molecule has 4 nitrogen and oxygen atoms in total. The molecule has 1 fully saturated rings. The van der Waals surface area contributed by atoms with Gasteiger partial charge < -0.3 is 15.3 Å². The van der Waals surface area contributed by atoms with E-state index in [2.05, 4.69) is 0 Å². The van der Waals surface area contributed by atoms with Crippen LogP contribution in [0.2, 0.25) is 0 Å². The Bertz CT molecular complexity index is 675. The van der Waals surface area contributed by atoms with Crippen LogP contribution in [-0.2, 0) is 23.6 Å². The van der Waals surface area contributed by atoms with Gasteiger partial charge >= 0.3 is 0 Å². The second kappa shape index (κ2) is 8.01. The van der Waals surface area contributed by atoms with Crippen molar-refractivity contribution in [2.45, 2.75) is 18.9 Å². The zero-order valence-corrected chi connectivity index (χ0v) is 15.6. The normalized spacial score (nSPS) is 31.7. The first-order valence-corrected chi connectivity index (χ1v) is 10.3. The molecule has 5 heteroatoms. The minimum Gasteiger partial charge on any atom is -0.396 e. The van der Waals surface area contributed by atoms with Crippen molar-refractivity contribution in [3.8, 4) is 0 Å². The summed E-state index contributed by atoms with van der Waals surface area (Å²) in [5, 5.41) is 31.7. The highest BCUT2D eigenvalue weighted by atomic mass is 32.2. The average Bonchev–Trinajstić information content (AvgIpc) is 2.67. The van der Waals surface area contributed by atoms with E-state index in [4.69, 9.17) is 0 Å². The second-order valence-electron chi connectivity index (χ2n) is 7.50. The van der Waals surface area contributed by atoms with E-state index in [1.54, 1.807) is 0 Å². The number of rotatable bonds is 6. The Morgan fingerprint density at radius 2 is 1.19 bits per heavy atom. The zero-order chi connectivity index (χ0) is 18.6. The van der Waals surface area contributed by atoms with Gasteiger partial charge in [0.1, 0.15) is 0 Å². The highest BCUT2D eigenvalue weighted by Gasteiger charge is 2.55. The molecule has 3 rings (SSSR count). The predicted octanol–water partition coefficient (Wildman–Crippen LogP) is 1.55. The van der Waals surface area contributed by atoms with E-state index >= 15 is 0 Å². The third-order valence-electron chi connectivity index (χ3n) is 5.48. The summed E-state index contributed by atoms with van der Waals surface area (Å²) in [4.78, 5) is 0. The Kier molecular flexibility index (Phi) is 5.92. The molecular formula is C21H26O4S. The highest BCUT2D eigenvalue weighted by Crippen LogP contribution is 2.44. The van der Waals surface area contributed by atoms with Crippen molar-refractivity contribution >= 4 is 10.8 Å². The van der Waals surface area contributed by atoms with Gasteiger partial charge in [-0.1, -0.05) is 60.7 Å². The fourth-order valence-corrected chi connectivity index (χ4v) is 6.26. The van der Waals surface area contributed by atoms with E-state index in [0.717, 1.165) is 11.1 Å². The lowest BCUT2D eigenvalue weighted by molar-refractivity contribution is -0.100. The van der Waals surface area contributed by atoms with Crippen LogP contribution in [0.1, 0.15) is 11.1 Å². The van der Waals surface area contributed by atoms with Crippen LogP contribution >= 0.6 is 0 Å². The Labute approximate surface area is 157 Å². The van der Waals surface area contributed by atoms with Crippen LogP contribution in [0.25, 0.3) is 0 Å². The lowest BCUT2D eigenvalue weighted by Crippen LogP contribution is -2.62. The van der Waals surface area contributed by atoms with Gasteiger partial charge in [0, 0.05) is 33.1 Å². The van der Waals surface area contributed by atoms with Crippen LogP contribution in [0.15, 0.2) is 60.7 Å². The molecule has 140 valence electrons. The Balaban J connectivity index is 1.96. The highest BCUT2D eigenvalue weighted by molar-refractivity contribution is 7.85. The minimum atomic E-state index is -1.23. The number of aliphatic hydroxyl groups excluding tert-OH is 3. The number of hydrogen-bond donors (Lipinski definition) is 3. The third kappa shape index (κ3) is 3.76. The quantitative estimate of drug-likeness (QED) is 0.717. The molecule has 0 saturated carbocycles. The molecular weight excluding hydrogens is 348 g/mol. The smallest absolute Gasteiger partial charge is 0.0720 e. The monoisotopic (exact) mass is 374 g/mol. The van der Waals surface area contributed by atoms with Gasteiger partial charge in [0.05, 0.1) is 19.3 Å². The molecule has 1 aliphatic heterocycles. The number of aliphatic hydroxyl groups is 3. The van der Waals surface area contributed by atoms with Crippen molar-refractivity contribution in [1.82, 2.24) is 0 Å². The molecule has 2 unspecified atom stereocenters. The van der Waals surface area contributed by atoms with Crippen molar-refractivity contribution in [2.24, 2.45) is 10.8 Å². The average molecular weight is 375 g/mol. The molecule has 0 aromatic heterocycles. The molecule has 0 amide bonds. The first-order valence-electron chi connectivity index (χ1n) is 8.86. The van der Waals surface area contributed by atoms with E-state index in [1.165, 1.54) is 0 Å². The largest absolute Gasteiger partial charge is 0.396 e. The number of hydrogen-bond acceptors (Lipinski definition) is 4. The summed E-state index contributed by atoms with van der Waals surface area (Å²) in [7, 11) is -1.23. The lowest BCUT2D eigenvalue weighted by Gasteiger charge is -2.50. The van der Waals surface area contributed by atoms with Gasteiger partial charge in [-0.05, 0) is 24.0 Å². The van der Waals surface area contributed by atoms with Gasteiger partial charge in [0.15, 0.2) is 0 Å². The van der Waals surface area contributed by atoms with Gasteiger partial charge in [0.25, 0.3) is 0 Å². The summed E-state index contributed by atoms with van der Waals surface area (Å²) in [5.74, 6) is 0.464. The predicted molar refractivity (Wildman–Crippen MR) is 103 cm³/mol. The van der Waals surface area contributed by atoms with Gasteiger partial charge in [-0.25, -0.2) is 0 Å². The summed E-state index contributed by atoms with van der Waals surface area (Å²) in [6.07, 6.45) is -0.107. The molecule has 26 heavy (non-hydrogen) atoms. The van der Waals surface area contributed by atoms with Crippen molar-refractivity contribution in [3.05, 3.63) is 71.8 Å². The summed E-state index contributed by atoms with van der Waals surface area (Å²) in [5.41, 5.74) is 0.0985. The summed E-state index contributed by atoms with van der Waals surface area (Å²) in [6.45, 7) is -0.545. The fraction of sp³-hybridized carbons (Fsp3) is 0.429. The van der Waals surface area contributed by atoms with Crippen molar-refractivity contribution in [1.29, 1.82) is 0 Å². The number of benzene rings is 2. The molecule has 0 radical (unpaired) electrons. The van der Waals surface area contributed by atoms with E-state index in [0.29, 0.717) is 12.8 Å². The molecule has 2 atom stereocenters. The SMILES string of the molecule is O=S1CC(CO)(Cc2ccccc2)C(O)C(CO)(Cc2ccccc2)C1. The van der Waals surface area contributed by atoms with Crippen LogP contribution in [0.4, 0.5) is 0 Å². The molecule has 3 N–H and O–H groups in total. The van der Waals surface area contributed by atoms with Crippen LogP contribution in [-0.4, -0.2) is 50.4 Å². The zero-order valence-electron chi connectivity index (χ0n) is 14.8. The van der Waals surface area contributed by atoms with E-state index < -0.39 is 27.7 Å². The topological polar surface area (TPSA) is 77.8 Å². The minimum absolute atomic E-state index is 0.232. The van der Waals surface area contributed by atoms with Gasteiger partial charge in [-0.3, -0.25) is 4.21 Å². The van der Waals surface area contributed by atoms with E-state index in [9.17, 15) is 19.5 Å². The maximum absolute atomic E-state index is 12.7.